The maximum Gasteiger partial charge on any atom is 0.313 e. The first kappa shape index (κ1) is 27.8. The van der Waals surface area contributed by atoms with Gasteiger partial charge < -0.3 is 10.5 Å². The number of fused-ring (bicyclic) bond motifs is 5. The van der Waals surface area contributed by atoms with Gasteiger partial charge in [0.25, 0.3) is 0 Å². The van der Waals surface area contributed by atoms with Crippen LogP contribution in [0, 0.1) is 55.7 Å². The van der Waals surface area contributed by atoms with Crippen LogP contribution in [-0.2, 0) is 23.9 Å². The van der Waals surface area contributed by atoms with E-state index in [2.05, 4.69) is 34.6 Å². The first-order valence-electron chi connectivity index (χ1n) is 14.3. The van der Waals surface area contributed by atoms with Crippen molar-refractivity contribution in [1.29, 1.82) is 5.26 Å². The fourth-order valence-corrected chi connectivity index (χ4v) is 9.75. The Morgan fingerprint density at radius 2 is 1.77 bits per heavy atom. The summed E-state index contributed by atoms with van der Waals surface area (Å²) in [5.41, 5.74) is 0.904. The average Bonchev–Trinajstić information content (AvgIpc) is 2.99. The number of hydrogen-bond donors (Lipinski definition) is 1. The number of primary amides is 1. The summed E-state index contributed by atoms with van der Waals surface area (Å²) in [6.45, 7) is 16.2. The minimum absolute atomic E-state index is 0.0458. The highest BCUT2D eigenvalue weighted by atomic mass is 16.6. The van der Waals surface area contributed by atoms with Crippen molar-refractivity contribution >= 4 is 23.4 Å². The molecule has 8 atom stereocenters. The number of ether oxygens (including phenoxy) is 1. The predicted molar refractivity (Wildman–Crippen MR) is 144 cm³/mol. The van der Waals surface area contributed by atoms with Gasteiger partial charge in [-0.05, 0) is 73.8 Å². The van der Waals surface area contributed by atoms with Crippen molar-refractivity contribution in [1.82, 2.24) is 0 Å². The molecule has 0 radical (unpaired) electrons. The van der Waals surface area contributed by atoms with Crippen LogP contribution in [0.25, 0.3) is 0 Å². The molecule has 5 aliphatic rings. The van der Waals surface area contributed by atoms with E-state index in [1.165, 1.54) is 0 Å². The molecule has 0 aromatic heterocycles. The number of ketones is 2. The number of amides is 1. The Hall–Kier alpha value is -2.75. The largest absolute Gasteiger partial charge is 0.449 e. The van der Waals surface area contributed by atoms with Gasteiger partial charge >= 0.3 is 5.97 Å². The second kappa shape index (κ2) is 7.71. The molecule has 0 aromatic rings. The van der Waals surface area contributed by atoms with E-state index in [1.807, 2.05) is 19.9 Å². The van der Waals surface area contributed by atoms with Crippen molar-refractivity contribution in [3.8, 4) is 6.07 Å². The summed E-state index contributed by atoms with van der Waals surface area (Å²) in [6, 6.07) is 2.00. The van der Waals surface area contributed by atoms with Gasteiger partial charge in [0.15, 0.2) is 17.2 Å². The van der Waals surface area contributed by atoms with Crippen LogP contribution >= 0.6 is 0 Å². The zero-order chi connectivity index (χ0) is 29.2. The highest BCUT2D eigenvalue weighted by Gasteiger charge is 2.81. The number of nitrogens with zero attached hydrogens (tertiary/aromatic N) is 1. The molecule has 210 valence electrons. The molecule has 7 nitrogen and oxygen atoms in total. The maximum atomic E-state index is 14.4. The second-order valence-corrected chi connectivity index (χ2v) is 15.1. The lowest BCUT2D eigenvalue weighted by Gasteiger charge is -2.67. The fraction of sp³-hybridized carbons (Fsp3) is 0.719. The summed E-state index contributed by atoms with van der Waals surface area (Å²) in [6.07, 6.45) is 7.27. The zero-order valence-electron chi connectivity index (χ0n) is 24.6. The number of carbonyl (C=O) groups excluding carboxylic acids is 4. The lowest BCUT2D eigenvalue weighted by Crippen LogP contribution is -2.71. The molecule has 39 heavy (non-hydrogen) atoms. The van der Waals surface area contributed by atoms with E-state index >= 15 is 0 Å². The molecule has 5 rings (SSSR count). The van der Waals surface area contributed by atoms with Crippen LogP contribution in [0.1, 0.15) is 93.9 Å². The SMILES string of the molecule is CC1[C@]2(CCC(C)(C)C)CC[C@@]3(C)[C@]4(C)CCC5[C@](C)(C(N)=O)C(=O)C(C#N)=C[C@]5(C)C4=CC(=O)[C@]13OC2=O. The first-order chi connectivity index (χ1) is 17.8. The maximum absolute atomic E-state index is 14.4. The summed E-state index contributed by atoms with van der Waals surface area (Å²) in [5, 5.41) is 9.88. The lowest BCUT2D eigenvalue weighted by molar-refractivity contribution is -0.199. The molecule has 1 aliphatic heterocycles. The van der Waals surface area contributed by atoms with Gasteiger partial charge in [-0.2, -0.15) is 5.26 Å². The molecule has 1 saturated heterocycles. The topological polar surface area (TPSA) is 127 Å². The zero-order valence-corrected chi connectivity index (χ0v) is 24.6. The molecule has 2 bridgehead atoms. The van der Waals surface area contributed by atoms with Crippen molar-refractivity contribution in [3.63, 3.8) is 0 Å². The summed E-state index contributed by atoms with van der Waals surface area (Å²) >= 11 is 0. The minimum Gasteiger partial charge on any atom is -0.449 e. The van der Waals surface area contributed by atoms with Gasteiger partial charge in [0.2, 0.25) is 5.91 Å². The molecule has 0 aromatic carbocycles. The number of Topliss-reactive ketones (excluding diaryl/α,β-unsaturated/α-hetero) is 1. The predicted octanol–water partition coefficient (Wildman–Crippen LogP) is 4.99. The van der Waals surface area contributed by atoms with Crippen LogP contribution in [0.2, 0.25) is 0 Å². The number of allylic oxidation sites excluding steroid dienone is 3. The molecule has 7 heteroatoms. The van der Waals surface area contributed by atoms with Gasteiger partial charge in [0, 0.05) is 16.7 Å². The van der Waals surface area contributed by atoms with Crippen LogP contribution in [-0.4, -0.2) is 29.0 Å². The molecule has 3 fully saturated rings. The fourth-order valence-electron chi connectivity index (χ4n) is 9.75. The summed E-state index contributed by atoms with van der Waals surface area (Å²) < 4.78 is 6.37. The van der Waals surface area contributed by atoms with Gasteiger partial charge in [0.05, 0.1) is 11.0 Å². The third kappa shape index (κ3) is 2.93. The molecule has 1 spiro atoms. The lowest BCUT2D eigenvalue weighted by atomic mass is 9.34. The van der Waals surface area contributed by atoms with Crippen molar-refractivity contribution < 1.29 is 23.9 Å². The minimum atomic E-state index is -1.56. The quantitative estimate of drug-likeness (QED) is 0.401. The van der Waals surface area contributed by atoms with Crippen LogP contribution in [0.4, 0.5) is 0 Å². The first-order valence-corrected chi connectivity index (χ1v) is 14.3. The van der Waals surface area contributed by atoms with Crippen molar-refractivity contribution in [3.05, 3.63) is 23.3 Å². The Balaban J connectivity index is 1.71. The third-order valence-electron chi connectivity index (χ3n) is 12.5. The molecule has 1 amide bonds. The van der Waals surface area contributed by atoms with E-state index in [9.17, 15) is 24.4 Å². The number of nitrogens with two attached hydrogens (primary N) is 1. The monoisotopic (exact) mass is 534 g/mol. The van der Waals surface area contributed by atoms with Crippen LogP contribution in [0.3, 0.4) is 0 Å². The van der Waals surface area contributed by atoms with Gasteiger partial charge in [-0.1, -0.05) is 54.5 Å². The second-order valence-electron chi connectivity index (χ2n) is 15.1. The Kier molecular flexibility index (Phi) is 5.49. The van der Waals surface area contributed by atoms with Crippen LogP contribution in [0.15, 0.2) is 23.3 Å². The van der Waals surface area contributed by atoms with E-state index in [4.69, 9.17) is 10.5 Å². The summed E-state index contributed by atoms with van der Waals surface area (Å²) in [7, 11) is 0. The number of hydrogen-bond acceptors (Lipinski definition) is 6. The Morgan fingerprint density at radius 3 is 2.33 bits per heavy atom. The standard InChI is InChI=1S/C32H42N2O5/c1-18-31(13-11-26(2,3)4)14-12-29(7)28(6)10-9-20-27(5,16-19(17-33)23(36)30(20,8)24(34)37)21(28)15-22(35)32(18,29)39-25(31)38/h15-16,18,20H,9-14H2,1-8H3,(H2,34,37)/t18?,20?,27-,28+,29-,30-,31-,32+/m0/s1. The molecule has 1 heterocycles. The van der Waals surface area contributed by atoms with Crippen LogP contribution in [0.5, 0.6) is 0 Å². The molecule has 2 unspecified atom stereocenters. The van der Waals surface area contributed by atoms with Crippen molar-refractivity contribution in [2.45, 2.75) is 99.5 Å². The average molecular weight is 535 g/mol. The number of rotatable bonds is 3. The third-order valence-corrected chi connectivity index (χ3v) is 12.5. The van der Waals surface area contributed by atoms with Gasteiger partial charge in [-0.3, -0.25) is 19.2 Å². The number of carbonyl (C=O) groups is 4. The smallest absolute Gasteiger partial charge is 0.313 e. The van der Waals surface area contributed by atoms with Crippen molar-refractivity contribution in [2.24, 2.45) is 50.1 Å². The molecular formula is C32H42N2O5. The Morgan fingerprint density at radius 1 is 1.13 bits per heavy atom. The van der Waals surface area contributed by atoms with Crippen LogP contribution < -0.4 is 5.73 Å². The highest BCUT2D eigenvalue weighted by molar-refractivity contribution is 6.16. The Labute approximate surface area is 231 Å². The molecule has 4 aliphatic carbocycles. The molecule has 2 N–H and O–H groups in total. The van der Waals surface area contributed by atoms with Gasteiger partial charge in [0.1, 0.15) is 11.5 Å². The van der Waals surface area contributed by atoms with Gasteiger partial charge in [-0.15, -0.1) is 0 Å². The number of esters is 1. The van der Waals surface area contributed by atoms with Gasteiger partial charge in [-0.25, -0.2) is 0 Å². The Bertz CT molecular complexity index is 1330. The van der Waals surface area contributed by atoms with E-state index in [1.54, 1.807) is 19.1 Å². The van der Waals surface area contributed by atoms with Crippen molar-refractivity contribution in [2.75, 3.05) is 0 Å². The molecular weight excluding hydrogens is 492 g/mol. The highest BCUT2D eigenvalue weighted by Crippen LogP contribution is 2.76. The van der Waals surface area contributed by atoms with E-state index in [0.717, 1.165) is 12.0 Å². The molecule has 2 saturated carbocycles. The normalized spacial score (nSPS) is 46.7. The summed E-state index contributed by atoms with van der Waals surface area (Å²) in [4.78, 5) is 54.3. The van der Waals surface area contributed by atoms with E-state index < -0.39 is 50.3 Å². The van der Waals surface area contributed by atoms with E-state index in [0.29, 0.717) is 32.1 Å². The van der Waals surface area contributed by atoms with E-state index in [-0.39, 0.29) is 28.7 Å². The summed E-state index contributed by atoms with van der Waals surface area (Å²) in [5.74, 6) is -2.56. The number of nitriles is 1.